The highest BCUT2D eigenvalue weighted by atomic mass is 31.2. The number of carbonyl (C=O) groups is 2. The lowest BCUT2D eigenvalue weighted by atomic mass is 10.0. The summed E-state index contributed by atoms with van der Waals surface area (Å²) in [4.78, 5) is 39.9. The van der Waals surface area contributed by atoms with Crippen LogP contribution < -0.4 is 10.2 Å². The Kier molecular flexibility index (Phi) is 50.0. The first kappa shape index (κ1) is 69.0. The summed E-state index contributed by atoms with van der Waals surface area (Å²) in [5, 5.41) is 3.02. The summed E-state index contributed by atoms with van der Waals surface area (Å²) in [6.07, 6.45) is 62.0. The first-order valence-corrected chi connectivity index (χ1v) is 31.4. The zero-order valence-electron chi connectivity index (χ0n) is 47.4. The van der Waals surface area contributed by atoms with E-state index in [1.165, 1.54) is 154 Å². The van der Waals surface area contributed by atoms with Gasteiger partial charge in [0.05, 0.1) is 33.8 Å². The lowest BCUT2D eigenvalue weighted by Crippen LogP contribution is -2.47. The van der Waals surface area contributed by atoms with Crippen molar-refractivity contribution < 1.29 is 37.3 Å². The minimum absolute atomic E-state index is 0.0243. The van der Waals surface area contributed by atoms with Gasteiger partial charge in [0, 0.05) is 12.8 Å². The second-order valence-corrected chi connectivity index (χ2v) is 22.9. The van der Waals surface area contributed by atoms with Gasteiger partial charge in [-0.05, 0) is 89.5 Å². The first-order valence-electron chi connectivity index (χ1n) is 29.9. The van der Waals surface area contributed by atoms with Crippen molar-refractivity contribution in [2.45, 2.75) is 290 Å². The fourth-order valence-corrected chi connectivity index (χ4v) is 9.27. The highest BCUT2D eigenvalue weighted by Gasteiger charge is 2.27. The van der Waals surface area contributed by atoms with Gasteiger partial charge in [-0.15, -0.1) is 0 Å². The molecule has 0 radical (unpaired) electrons. The Balaban J connectivity index is 5.35. The van der Waals surface area contributed by atoms with Gasteiger partial charge >= 0.3 is 5.97 Å². The van der Waals surface area contributed by atoms with Crippen molar-refractivity contribution in [3.8, 4) is 0 Å². The molecule has 1 amide bonds. The maximum Gasteiger partial charge on any atom is 0.306 e. The number of hydrogen-bond donors (Lipinski definition) is 1. The maximum atomic E-state index is 13.5. The number of amides is 1. The smallest absolute Gasteiger partial charge is 0.306 e. The van der Waals surface area contributed by atoms with Crippen molar-refractivity contribution >= 4 is 19.7 Å². The predicted molar refractivity (Wildman–Crippen MR) is 302 cm³/mol. The zero-order chi connectivity index (χ0) is 52.2. The number of carbonyl (C=O) groups excluding carboxylic acids is 2. The number of allylic oxidation sites excluding steroid dienone is 7. The quantitative estimate of drug-likeness (QED) is 0.0212. The van der Waals surface area contributed by atoms with Crippen LogP contribution in [0.2, 0.25) is 0 Å². The van der Waals surface area contributed by atoms with Crippen LogP contribution >= 0.6 is 7.82 Å². The number of hydrogen-bond acceptors (Lipinski definition) is 7. The number of rotatable bonds is 54. The number of nitrogens with one attached hydrogen (secondary N) is 1. The highest BCUT2D eigenvalue weighted by Crippen LogP contribution is 2.38. The van der Waals surface area contributed by atoms with Crippen LogP contribution in [0.4, 0.5) is 0 Å². The molecule has 0 aromatic heterocycles. The molecule has 71 heavy (non-hydrogen) atoms. The van der Waals surface area contributed by atoms with Crippen LogP contribution in [0.25, 0.3) is 0 Å². The Bertz CT molecular complexity index is 1360. The lowest BCUT2D eigenvalue weighted by molar-refractivity contribution is -0.870. The Morgan fingerprint density at radius 1 is 0.493 bits per heavy atom. The van der Waals surface area contributed by atoms with E-state index < -0.39 is 26.6 Å². The van der Waals surface area contributed by atoms with Crippen molar-refractivity contribution in [3.63, 3.8) is 0 Å². The van der Waals surface area contributed by atoms with E-state index in [1.54, 1.807) is 0 Å². The van der Waals surface area contributed by atoms with Crippen LogP contribution in [0, 0.1) is 0 Å². The molecule has 3 atom stereocenters. The minimum Gasteiger partial charge on any atom is -0.756 e. The molecule has 416 valence electrons. The average Bonchev–Trinajstić information content (AvgIpc) is 3.33. The van der Waals surface area contributed by atoms with Crippen LogP contribution in [-0.4, -0.2) is 69.4 Å². The van der Waals surface area contributed by atoms with Crippen LogP contribution in [0.5, 0.6) is 0 Å². The van der Waals surface area contributed by atoms with E-state index in [0.29, 0.717) is 17.4 Å². The van der Waals surface area contributed by atoms with Gasteiger partial charge in [-0.3, -0.25) is 14.2 Å². The van der Waals surface area contributed by atoms with E-state index in [2.05, 4.69) is 62.5 Å². The third-order valence-electron chi connectivity index (χ3n) is 13.2. The van der Waals surface area contributed by atoms with Gasteiger partial charge in [0.25, 0.3) is 7.82 Å². The van der Waals surface area contributed by atoms with Crippen molar-refractivity contribution in [1.29, 1.82) is 0 Å². The predicted octanol–water partition coefficient (Wildman–Crippen LogP) is 17.5. The standard InChI is InChI=1S/C61H115N2O7P/c1-7-10-13-16-19-22-25-28-30-31-33-36-39-42-45-48-51-54-61(65)70-59(52-49-46-43-40-37-34-27-24-21-18-15-12-9-3)58(57-69-71(66,67)68-56-55-63(4,5)6)62-60(64)53-50-47-44-41-38-35-32-29-26-23-20-17-14-11-8-2/h19,22-23,26,28,30,49,52,58-59H,7-18,20-21,24-25,27,29,31-48,50-51,53-57H2,1-6H3,(H-,62,64,66,67)/b22-19-,26-23-,30-28-,52-49+. The number of nitrogens with zero attached hydrogens (tertiary/aromatic N) is 1. The molecular weight excluding hydrogens is 904 g/mol. The molecule has 9 nitrogen and oxygen atoms in total. The number of unbranched alkanes of at least 4 members (excludes halogenated alkanes) is 32. The molecular formula is C61H115N2O7P. The van der Waals surface area contributed by atoms with Crippen molar-refractivity contribution in [1.82, 2.24) is 5.32 Å². The maximum absolute atomic E-state index is 13.5. The SMILES string of the molecule is CCCCC/C=C\C/C=C\CCCCCCCCCC(=O)OC(/C=C/CCCCCCCCCCCCC)C(COP(=O)([O-])OCC[N+](C)(C)C)NC(=O)CCCCCCCCC/C=C\CCCCCC. The van der Waals surface area contributed by atoms with Crippen molar-refractivity contribution in [2.24, 2.45) is 0 Å². The Morgan fingerprint density at radius 3 is 1.32 bits per heavy atom. The average molecular weight is 1020 g/mol. The fraction of sp³-hybridized carbons (Fsp3) is 0.836. The van der Waals surface area contributed by atoms with E-state index in [1.807, 2.05) is 33.3 Å². The van der Waals surface area contributed by atoms with Gasteiger partial charge in [-0.2, -0.15) is 0 Å². The number of esters is 1. The Morgan fingerprint density at radius 2 is 0.859 bits per heavy atom. The molecule has 0 bridgehead atoms. The van der Waals surface area contributed by atoms with Crippen LogP contribution in [0.3, 0.4) is 0 Å². The summed E-state index contributed by atoms with van der Waals surface area (Å²) in [7, 11) is 1.18. The lowest BCUT2D eigenvalue weighted by Gasteiger charge is -2.30. The zero-order valence-corrected chi connectivity index (χ0v) is 48.3. The number of phosphoric acid groups is 1. The number of likely N-dealkylation sites (N-methyl/N-ethyl adjacent to an activating group) is 1. The molecule has 1 N–H and O–H groups in total. The van der Waals surface area contributed by atoms with Gasteiger partial charge < -0.3 is 28.5 Å². The minimum atomic E-state index is -4.70. The number of phosphoric ester groups is 1. The molecule has 0 saturated heterocycles. The van der Waals surface area contributed by atoms with Gasteiger partial charge in [0.1, 0.15) is 19.3 Å². The monoisotopic (exact) mass is 1020 g/mol. The van der Waals surface area contributed by atoms with Crippen LogP contribution in [0.15, 0.2) is 48.6 Å². The van der Waals surface area contributed by atoms with Gasteiger partial charge in [-0.25, -0.2) is 0 Å². The summed E-state index contributed by atoms with van der Waals surface area (Å²) in [5.74, 6) is -0.549. The van der Waals surface area contributed by atoms with E-state index in [9.17, 15) is 19.0 Å². The summed E-state index contributed by atoms with van der Waals surface area (Å²) in [6, 6.07) is -0.892. The molecule has 0 spiro atoms. The number of quaternary nitrogens is 1. The van der Waals surface area contributed by atoms with Crippen molar-refractivity contribution in [2.75, 3.05) is 40.9 Å². The van der Waals surface area contributed by atoms with E-state index in [0.717, 1.165) is 89.9 Å². The van der Waals surface area contributed by atoms with Gasteiger partial charge in [0.15, 0.2) is 0 Å². The van der Waals surface area contributed by atoms with Gasteiger partial charge in [0.2, 0.25) is 5.91 Å². The second-order valence-electron chi connectivity index (χ2n) is 21.5. The van der Waals surface area contributed by atoms with E-state index >= 15 is 0 Å². The van der Waals surface area contributed by atoms with E-state index in [-0.39, 0.29) is 24.9 Å². The molecule has 0 aromatic carbocycles. The molecule has 0 rings (SSSR count). The highest BCUT2D eigenvalue weighted by molar-refractivity contribution is 7.45. The third kappa shape index (κ3) is 52.6. The second kappa shape index (κ2) is 51.5. The molecule has 0 aromatic rings. The van der Waals surface area contributed by atoms with Gasteiger partial charge in [-0.1, -0.05) is 224 Å². The molecule has 0 aliphatic heterocycles. The molecule has 0 aliphatic rings. The largest absolute Gasteiger partial charge is 0.756 e. The Hall–Kier alpha value is -2.03. The fourth-order valence-electron chi connectivity index (χ4n) is 8.55. The summed E-state index contributed by atoms with van der Waals surface area (Å²) < 4.78 is 30.3. The molecule has 0 aliphatic carbocycles. The topological polar surface area (TPSA) is 114 Å². The normalized spacial score (nSPS) is 14.1. The Labute approximate surface area is 439 Å². The molecule has 3 unspecified atom stereocenters. The molecule has 10 heteroatoms. The molecule has 0 heterocycles. The first-order chi connectivity index (χ1) is 34.4. The number of ether oxygens (including phenoxy) is 1. The van der Waals surface area contributed by atoms with Crippen molar-refractivity contribution in [3.05, 3.63) is 48.6 Å². The summed E-state index contributed by atoms with van der Waals surface area (Å²) >= 11 is 0. The summed E-state index contributed by atoms with van der Waals surface area (Å²) in [5.41, 5.74) is 0. The molecule has 0 saturated carbocycles. The molecule has 0 fully saturated rings. The van der Waals surface area contributed by atoms with Crippen LogP contribution in [-0.2, 0) is 27.9 Å². The van der Waals surface area contributed by atoms with E-state index in [4.69, 9.17) is 13.8 Å². The summed E-state index contributed by atoms with van der Waals surface area (Å²) in [6.45, 7) is 6.81. The third-order valence-corrected chi connectivity index (χ3v) is 14.2. The van der Waals surface area contributed by atoms with Crippen LogP contribution in [0.1, 0.15) is 278 Å².